The quantitative estimate of drug-likeness (QED) is 0.625. The van der Waals surface area contributed by atoms with Gasteiger partial charge in [0, 0.05) is 15.7 Å². The highest BCUT2D eigenvalue weighted by atomic mass is 79.9. The minimum atomic E-state index is -0.748. The molecule has 0 saturated carbocycles. The van der Waals surface area contributed by atoms with Gasteiger partial charge in [-0.3, -0.25) is 0 Å². The third-order valence-electron chi connectivity index (χ3n) is 3.13. The zero-order chi connectivity index (χ0) is 17.4. The number of methoxy groups -OCH3 is 1. The van der Waals surface area contributed by atoms with Gasteiger partial charge < -0.3 is 14.8 Å². The molecule has 0 unspecified atom stereocenters. The van der Waals surface area contributed by atoms with E-state index in [0.29, 0.717) is 6.61 Å². The van der Waals surface area contributed by atoms with Gasteiger partial charge in [0.15, 0.2) is 6.04 Å². The Morgan fingerprint density at radius 1 is 1.17 bits per heavy atom. The van der Waals surface area contributed by atoms with Crippen molar-refractivity contribution in [2.24, 2.45) is 0 Å². The molecule has 0 bridgehead atoms. The first-order valence-corrected chi connectivity index (χ1v) is 8.26. The summed E-state index contributed by atoms with van der Waals surface area (Å²) in [5.41, 5.74) is 1.59. The minimum absolute atomic E-state index is 0.305. The van der Waals surface area contributed by atoms with E-state index in [1.165, 1.54) is 0 Å². The Kier molecular flexibility index (Phi) is 6.71. The Balaban J connectivity index is 2.18. The zero-order valence-corrected chi connectivity index (χ0v) is 15.1. The van der Waals surface area contributed by atoms with Crippen LogP contribution in [-0.2, 0) is 9.53 Å². The summed E-state index contributed by atoms with van der Waals surface area (Å²) in [6.45, 7) is 2.07. The number of hydrogen-bond donors (Lipinski definition) is 1. The van der Waals surface area contributed by atoms with Crippen LogP contribution in [0.2, 0.25) is 0 Å². The summed E-state index contributed by atoms with van der Waals surface area (Å²) in [7, 11) is 1.60. The Morgan fingerprint density at radius 3 is 2.42 bits per heavy atom. The Morgan fingerprint density at radius 2 is 1.83 bits per heavy atom. The number of ether oxygens (including phenoxy) is 2. The lowest BCUT2D eigenvalue weighted by Crippen LogP contribution is -2.30. The van der Waals surface area contributed by atoms with Gasteiger partial charge >= 0.3 is 5.97 Å². The molecule has 4 nitrogen and oxygen atoms in total. The van der Waals surface area contributed by atoms with Crippen LogP contribution in [0, 0.1) is 11.8 Å². The maximum absolute atomic E-state index is 12.1. The maximum atomic E-state index is 12.1. The topological polar surface area (TPSA) is 47.6 Å². The molecule has 5 heteroatoms. The predicted octanol–water partition coefficient (Wildman–Crippen LogP) is 3.85. The molecule has 24 heavy (non-hydrogen) atoms. The number of carbonyl (C=O) groups excluding carboxylic acids is 1. The molecule has 124 valence electrons. The molecule has 0 aliphatic carbocycles. The summed E-state index contributed by atoms with van der Waals surface area (Å²) in [6.07, 6.45) is 0. The second-order valence-corrected chi connectivity index (χ2v) is 5.75. The molecule has 2 aromatic rings. The van der Waals surface area contributed by atoms with Crippen molar-refractivity contribution in [2.75, 3.05) is 19.0 Å². The van der Waals surface area contributed by atoms with Crippen molar-refractivity contribution in [3.63, 3.8) is 0 Å². The molecular formula is C19H18BrNO3. The first-order valence-electron chi connectivity index (χ1n) is 7.46. The van der Waals surface area contributed by atoms with Crippen LogP contribution in [0.4, 0.5) is 5.69 Å². The lowest BCUT2D eigenvalue weighted by molar-refractivity contribution is -0.142. The van der Waals surface area contributed by atoms with E-state index in [9.17, 15) is 4.79 Å². The number of hydrogen-bond acceptors (Lipinski definition) is 4. The van der Waals surface area contributed by atoms with Gasteiger partial charge in [0.1, 0.15) is 5.75 Å². The van der Waals surface area contributed by atoms with E-state index in [2.05, 4.69) is 33.1 Å². The van der Waals surface area contributed by atoms with Crippen LogP contribution in [0.5, 0.6) is 5.75 Å². The zero-order valence-electron chi connectivity index (χ0n) is 13.5. The molecule has 0 aromatic heterocycles. The summed E-state index contributed by atoms with van der Waals surface area (Å²) in [5, 5.41) is 3.08. The third-order valence-corrected chi connectivity index (χ3v) is 3.66. The van der Waals surface area contributed by atoms with Gasteiger partial charge in [-0.2, -0.15) is 0 Å². The van der Waals surface area contributed by atoms with Crippen LogP contribution in [0.3, 0.4) is 0 Å². The van der Waals surface area contributed by atoms with E-state index >= 15 is 0 Å². The van der Waals surface area contributed by atoms with Crippen LogP contribution >= 0.6 is 15.9 Å². The molecule has 1 atom stereocenters. The predicted molar refractivity (Wildman–Crippen MR) is 98.1 cm³/mol. The SMILES string of the molecule is CCOC(=O)[C@H](C#Cc1ccc(Br)cc1)Nc1ccc(OC)cc1. The number of halogens is 1. The van der Waals surface area contributed by atoms with Crippen LogP contribution in [0.1, 0.15) is 12.5 Å². The van der Waals surface area contributed by atoms with Crippen molar-refractivity contribution < 1.29 is 14.3 Å². The van der Waals surface area contributed by atoms with Crippen molar-refractivity contribution in [3.8, 4) is 17.6 Å². The second kappa shape index (κ2) is 8.99. The van der Waals surface area contributed by atoms with E-state index < -0.39 is 12.0 Å². The van der Waals surface area contributed by atoms with E-state index in [0.717, 1.165) is 21.5 Å². The number of nitrogens with one attached hydrogen (secondary N) is 1. The molecule has 0 spiro atoms. The average molecular weight is 388 g/mol. The van der Waals surface area contributed by atoms with Gasteiger partial charge in [-0.15, -0.1) is 0 Å². The molecular weight excluding hydrogens is 370 g/mol. The van der Waals surface area contributed by atoms with Crippen molar-refractivity contribution in [1.29, 1.82) is 0 Å². The molecule has 0 radical (unpaired) electrons. The van der Waals surface area contributed by atoms with E-state index in [-0.39, 0.29) is 0 Å². The number of rotatable bonds is 5. The summed E-state index contributed by atoms with van der Waals surface area (Å²) in [6, 6.07) is 14.1. The Labute approximate surface area is 150 Å². The first-order chi connectivity index (χ1) is 11.6. The number of esters is 1. The van der Waals surface area contributed by atoms with Gasteiger partial charge in [-0.1, -0.05) is 27.8 Å². The van der Waals surface area contributed by atoms with Crippen LogP contribution in [-0.4, -0.2) is 25.7 Å². The van der Waals surface area contributed by atoms with Crippen molar-refractivity contribution >= 4 is 27.6 Å². The second-order valence-electron chi connectivity index (χ2n) is 4.83. The molecule has 0 heterocycles. The smallest absolute Gasteiger partial charge is 0.341 e. The fraction of sp³-hybridized carbons (Fsp3) is 0.211. The highest BCUT2D eigenvalue weighted by Gasteiger charge is 2.17. The summed E-state index contributed by atoms with van der Waals surface area (Å²) < 4.78 is 11.2. The summed E-state index contributed by atoms with van der Waals surface area (Å²) >= 11 is 3.38. The van der Waals surface area contributed by atoms with Crippen LogP contribution in [0.25, 0.3) is 0 Å². The fourth-order valence-electron chi connectivity index (χ4n) is 1.92. The fourth-order valence-corrected chi connectivity index (χ4v) is 2.19. The average Bonchev–Trinajstić information content (AvgIpc) is 2.60. The van der Waals surface area contributed by atoms with E-state index in [1.54, 1.807) is 14.0 Å². The molecule has 2 rings (SSSR count). The van der Waals surface area contributed by atoms with Crippen molar-refractivity contribution in [2.45, 2.75) is 13.0 Å². The van der Waals surface area contributed by atoms with E-state index in [4.69, 9.17) is 9.47 Å². The molecule has 0 fully saturated rings. The molecule has 0 aliphatic heterocycles. The van der Waals surface area contributed by atoms with Gasteiger partial charge in [-0.25, -0.2) is 4.79 Å². The number of benzene rings is 2. The number of carbonyl (C=O) groups is 1. The minimum Gasteiger partial charge on any atom is -0.497 e. The molecule has 0 aliphatic rings. The van der Waals surface area contributed by atoms with Gasteiger partial charge in [-0.05, 0) is 55.5 Å². The lowest BCUT2D eigenvalue weighted by atomic mass is 10.2. The van der Waals surface area contributed by atoms with Crippen LogP contribution < -0.4 is 10.1 Å². The maximum Gasteiger partial charge on any atom is 0.341 e. The monoisotopic (exact) mass is 387 g/mol. The van der Waals surface area contributed by atoms with Gasteiger partial charge in [0.2, 0.25) is 0 Å². The molecule has 1 N–H and O–H groups in total. The standard InChI is InChI=1S/C19H18BrNO3/c1-3-24-19(22)18(13-6-14-4-7-15(20)8-5-14)21-16-9-11-17(23-2)12-10-16/h4-5,7-12,18,21H,3H2,1-2H3/t18-/m0/s1. The number of anilines is 1. The van der Waals surface area contributed by atoms with Crippen molar-refractivity contribution in [3.05, 3.63) is 58.6 Å². The highest BCUT2D eigenvalue weighted by Crippen LogP contribution is 2.16. The molecule has 2 aromatic carbocycles. The van der Waals surface area contributed by atoms with Gasteiger partial charge in [0.25, 0.3) is 0 Å². The Bertz CT molecular complexity index is 730. The Hall–Kier alpha value is -2.45. The van der Waals surface area contributed by atoms with Gasteiger partial charge in [0.05, 0.1) is 13.7 Å². The first kappa shape index (κ1) is 17.9. The third kappa shape index (κ3) is 5.32. The highest BCUT2D eigenvalue weighted by molar-refractivity contribution is 9.10. The normalized spacial score (nSPS) is 11.0. The van der Waals surface area contributed by atoms with Crippen LogP contribution in [0.15, 0.2) is 53.0 Å². The molecule has 0 saturated heterocycles. The summed E-state index contributed by atoms with van der Waals surface area (Å²) in [4.78, 5) is 12.1. The van der Waals surface area contributed by atoms with Crippen molar-refractivity contribution in [1.82, 2.24) is 0 Å². The largest absolute Gasteiger partial charge is 0.497 e. The van der Waals surface area contributed by atoms with E-state index in [1.807, 2.05) is 48.5 Å². The summed E-state index contributed by atoms with van der Waals surface area (Å²) in [5.74, 6) is 6.27. The molecule has 0 amide bonds. The lowest BCUT2D eigenvalue weighted by Gasteiger charge is -2.13.